The lowest BCUT2D eigenvalue weighted by molar-refractivity contribution is -0.0102. The Balaban J connectivity index is 1.77. The number of nitrogens with one attached hydrogen (secondary N) is 1. The van der Waals surface area contributed by atoms with E-state index in [0.717, 1.165) is 19.4 Å². The molecule has 1 saturated heterocycles. The first kappa shape index (κ1) is 15.7. The molecule has 2 heterocycles. The second kappa shape index (κ2) is 7.94. The molecule has 0 spiro atoms. The molecule has 1 aromatic rings. The van der Waals surface area contributed by atoms with Gasteiger partial charge in [-0.25, -0.2) is 4.79 Å². The van der Waals surface area contributed by atoms with Gasteiger partial charge in [0.05, 0.1) is 12.7 Å². The largest absolute Gasteiger partial charge is 0.384 e. The smallest absolute Gasteiger partial charge is 0.317 e. The molecule has 0 radical (unpaired) electrons. The molecular weight excluding hydrogens is 276 g/mol. The highest BCUT2D eigenvalue weighted by molar-refractivity contribution is 5.73. The molecule has 0 aliphatic carbocycles. The molecular formula is C13H22N4O4. The highest BCUT2D eigenvalue weighted by Crippen LogP contribution is 2.15. The maximum Gasteiger partial charge on any atom is 0.317 e. The molecule has 1 atom stereocenters. The minimum absolute atomic E-state index is 0.00498. The third kappa shape index (κ3) is 4.68. The molecule has 1 aromatic heterocycles. The standard InChI is InChI=1S/C13H22N4O4/c1-14-13(18)17-6-3-4-10(8-17)20-9-12-15-11(16-21-12)5-7-19-2/h10H,3-9H2,1-2H3,(H,14,18)/t10-/m0/s1. The number of carbonyl (C=O) groups is 1. The summed E-state index contributed by atoms with van der Waals surface area (Å²) in [5, 5.41) is 6.48. The fraction of sp³-hybridized carbons (Fsp3) is 0.769. The Hall–Kier alpha value is -1.67. The monoisotopic (exact) mass is 298 g/mol. The Kier molecular flexibility index (Phi) is 5.94. The summed E-state index contributed by atoms with van der Waals surface area (Å²) in [5.41, 5.74) is 0. The average Bonchev–Trinajstić information content (AvgIpc) is 2.98. The molecule has 1 fully saturated rings. The van der Waals surface area contributed by atoms with E-state index in [-0.39, 0.29) is 18.7 Å². The third-order valence-electron chi connectivity index (χ3n) is 3.36. The van der Waals surface area contributed by atoms with Crippen LogP contribution in [0.2, 0.25) is 0 Å². The van der Waals surface area contributed by atoms with Crippen LogP contribution in [0.4, 0.5) is 4.79 Å². The van der Waals surface area contributed by atoms with Gasteiger partial charge in [-0.2, -0.15) is 4.98 Å². The summed E-state index contributed by atoms with van der Waals surface area (Å²) in [4.78, 5) is 17.6. The summed E-state index contributed by atoms with van der Waals surface area (Å²) in [6.45, 7) is 2.18. The van der Waals surface area contributed by atoms with Crippen molar-refractivity contribution >= 4 is 6.03 Å². The Morgan fingerprint density at radius 2 is 2.43 bits per heavy atom. The molecule has 0 bridgehead atoms. The number of urea groups is 1. The molecule has 0 unspecified atom stereocenters. The number of nitrogens with zero attached hydrogens (tertiary/aromatic N) is 3. The SMILES string of the molecule is CNC(=O)N1CCC[C@H](OCc2nc(CCOC)no2)C1. The van der Waals surface area contributed by atoms with Crippen LogP contribution < -0.4 is 5.32 Å². The lowest BCUT2D eigenvalue weighted by Crippen LogP contribution is -2.46. The van der Waals surface area contributed by atoms with Crippen LogP contribution in [0.1, 0.15) is 24.6 Å². The van der Waals surface area contributed by atoms with E-state index >= 15 is 0 Å². The number of carbonyl (C=O) groups excluding carboxylic acids is 1. The number of aromatic nitrogens is 2. The lowest BCUT2D eigenvalue weighted by atomic mass is 10.1. The van der Waals surface area contributed by atoms with Gasteiger partial charge < -0.3 is 24.2 Å². The van der Waals surface area contributed by atoms with Gasteiger partial charge in [-0.05, 0) is 12.8 Å². The molecule has 21 heavy (non-hydrogen) atoms. The molecule has 8 nitrogen and oxygen atoms in total. The fourth-order valence-corrected chi connectivity index (χ4v) is 2.25. The topological polar surface area (TPSA) is 89.7 Å². The van der Waals surface area contributed by atoms with Crippen molar-refractivity contribution in [1.82, 2.24) is 20.4 Å². The van der Waals surface area contributed by atoms with Crippen molar-refractivity contribution in [3.63, 3.8) is 0 Å². The van der Waals surface area contributed by atoms with Gasteiger partial charge in [0, 0.05) is 33.7 Å². The molecule has 2 amide bonds. The number of hydrogen-bond acceptors (Lipinski definition) is 6. The summed E-state index contributed by atoms with van der Waals surface area (Å²) in [6.07, 6.45) is 2.48. The van der Waals surface area contributed by atoms with Gasteiger partial charge in [-0.15, -0.1) is 0 Å². The van der Waals surface area contributed by atoms with Crippen LogP contribution in [-0.4, -0.2) is 61.0 Å². The maximum atomic E-state index is 11.6. The number of hydrogen-bond donors (Lipinski definition) is 1. The van der Waals surface area contributed by atoms with E-state index in [1.54, 1.807) is 19.1 Å². The van der Waals surface area contributed by atoms with E-state index in [0.29, 0.717) is 31.3 Å². The second-order valence-electron chi connectivity index (χ2n) is 4.92. The van der Waals surface area contributed by atoms with Crippen molar-refractivity contribution in [2.75, 3.05) is 33.9 Å². The predicted octanol–water partition coefficient (Wildman–Crippen LogP) is 0.579. The fourth-order valence-electron chi connectivity index (χ4n) is 2.25. The van der Waals surface area contributed by atoms with Gasteiger partial charge in [0.1, 0.15) is 6.61 Å². The van der Waals surface area contributed by atoms with Crippen LogP contribution in [0.5, 0.6) is 0 Å². The van der Waals surface area contributed by atoms with E-state index in [1.807, 2.05) is 0 Å². The number of rotatable bonds is 6. The molecule has 1 aliphatic rings. The van der Waals surface area contributed by atoms with E-state index < -0.39 is 0 Å². The third-order valence-corrected chi connectivity index (χ3v) is 3.36. The Bertz CT molecular complexity index is 451. The first-order valence-corrected chi connectivity index (χ1v) is 7.11. The van der Waals surface area contributed by atoms with Gasteiger partial charge >= 0.3 is 6.03 Å². The number of piperidine rings is 1. The van der Waals surface area contributed by atoms with Crippen LogP contribution in [-0.2, 0) is 22.5 Å². The normalized spacial score (nSPS) is 18.8. The van der Waals surface area contributed by atoms with Crippen molar-refractivity contribution in [3.8, 4) is 0 Å². The van der Waals surface area contributed by atoms with Crippen LogP contribution in [0.25, 0.3) is 0 Å². The van der Waals surface area contributed by atoms with Crippen molar-refractivity contribution in [1.29, 1.82) is 0 Å². The zero-order valence-corrected chi connectivity index (χ0v) is 12.5. The van der Waals surface area contributed by atoms with Gasteiger partial charge in [0.15, 0.2) is 5.82 Å². The van der Waals surface area contributed by atoms with Gasteiger partial charge in [0.25, 0.3) is 5.89 Å². The van der Waals surface area contributed by atoms with Crippen LogP contribution in [0.15, 0.2) is 4.52 Å². The Morgan fingerprint density at radius 1 is 1.57 bits per heavy atom. The summed E-state index contributed by atoms with van der Waals surface area (Å²) in [6, 6.07) is -0.0667. The van der Waals surface area contributed by atoms with Crippen LogP contribution in [0, 0.1) is 0 Å². The lowest BCUT2D eigenvalue weighted by Gasteiger charge is -2.31. The molecule has 1 aliphatic heterocycles. The highest BCUT2D eigenvalue weighted by atomic mass is 16.5. The number of methoxy groups -OCH3 is 1. The molecule has 8 heteroatoms. The second-order valence-corrected chi connectivity index (χ2v) is 4.92. The first-order chi connectivity index (χ1) is 10.2. The number of ether oxygens (including phenoxy) is 2. The summed E-state index contributed by atoms with van der Waals surface area (Å²) < 4.78 is 15.8. The molecule has 0 aromatic carbocycles. The number of amides is 2. The van der Waals surface area contributed by atoms with Gasteiger partial charge in [-0.3, -0.25) is 0 Å². The van der Waals surface area contributed by atoms with Crippen molar-refractivity contribution in [2.45, 2.75) is 32.0 Å². The van der Waals surface area contributed by atoms with Crippen molar-refractivity contribution in [2.24, 2.45) is 0 Å². The Morgan fingerprint density at radius 3 is 3.19 bits per heavy atom. The molecule has 1 N–H and O–H groups in total. The van der Waals surface area contributed by atoms with Crippen LogP contribution in [0.3, 0.4) is 0 Å². The average molecular weight is 298 g/mol. The summed E-state index contributed by atoms with van der Waals surface area (Å²) in [5.74, 6) is 1.07. The molecule has 2 rings (SSSR count). The van der Waals surface area contributed by atoms with E-state index in [9.17, 15) is 4.79 Å². The molecule has 0 saturated carbocycles. The quantitative estimate of drug-likeness (QED) is 0.826. The van der Waals surface area contributed by atoms with E-state index in [2.05, 4.69) is 15.5 Å². The van der Waals surface area contributed by atoms with Crippen LogP contribution >= 0.6 is 0 Å². The summed E-state index contributed by atoms with van der Waals surface area (Å²) in [7, 11) is 3.26. The van der Waals surface area contributed by atoms with E-state index in [4.69, 9.17) is 14.0 Å². The molecule has 118 valence electrons. The van der Waals surface area contributed by atoms with Gasteiger partial charge in [-0.1, -0.05) is 5.16 Å². The zero-order chi connectivity index (χ0) is 15.1. The van der Waals surface area contributed by atoms with Gasteiger partial charge in [0.2, 0.25) is 0 Å². The first-order valence-electron chi connectivity index (χ1n) is 7.11. The maximum absolute atomic E-state index is 11.6. The predicted molar refractivity (Wildman–Crippen MR) is 73.7 cm³/mol. The minimum Gasteiger partial charge on any atom is -0.384 e. The minimum atomic E-state index is -0.0667. The van der Waals surface area contributed by atoms with E-state index in [1.165, 1.54) is 0 Å². The summed E-state index contributed by atoms with van der Waals surface area (Å²) >= 11 is 0. The highest BCUT2D eigenvalue weighted by Gasteiger charge is 2.24. The van der Waals surface area contributed by atoms with Crippen molar-refractivity contribution in [3.05, 3.63) is 11.7 Å². The Labute approximate surface area is 123 Å². The van der Waals surface area contributed by atoms with Crippen molar-refractivity contribution < 1.29 is 18.8 Å². The number of likely N-dealkylation sites (tertiary alicyclic amines) is 1. The zero-order valence-electron chi connectivity index (χ0n) is 12.5.